The Labute approximate surface area is 207 Å². The van der Waals surface area contributed by atoms with Crippen LogP contribution in [0.15, 0.2) is 64.5 Å². The normalized spacial score (nSPS) is 13.8. The summed E-state index contributed by atoms with van der Waals surface area (Å²) in [6, 6.07) is 17.5. The molecule has 4 aromatic rings. The molecule has 0 saturated carbocycles. The van der Waals surface area contributed by atoms with E-state index in [0.29, 0.717) is 28.4 Å². The van der Waals surface area contributed by atoms with Crippen molar-refractivity contribution in [3.05, 3.63) is 76.2 Å². The molecule has 0 spiro atoms. The molecule has 2 aromatic carbocycles. The van der Waals surface area contributed by atoms with Crippen LogP contribution in [0.2, 0.25) is 0 Å². The van der Waals surface area contributed by atoms with Gasteiger partial charge in [-0.25, -0.2) is 4.98 Å². The minimum absolute atomic E-state index is 0.0939. The average molecular weight is 489 g/mol. The largest absolute Gasteiger partial charge is 0.372 e. The third kappa shape index (κ3) is 5.40. The van der Waals surface area contributed by atoms with E-state index < -0.39 is 0 Å². The summed E-state index contributed by atoms with van der Waals surface area (Å²) in [5.74, 6) is 0.388. The van der Waals surface area contributed by atoms with Gasteiger partial charge >= 0.3 is 0 Å². The summed E-state index contributed by atoms with van der Waals surface area (Å²) in [4.78, 5) is 33.4. The van der Waals surface area contributed by atoms with Gasteiger partial charge in [0.05, 0.1) is 23.2 Å². The number of aromatic nitrogens is 4. The number of amides is 1. The van der Waals surface area contributed by atoms with Gasteiger partial charge in [-0.05, 0) is 49.9 Å². The van der Waals surface area contributed by atoms with Crippen LogP contribution in [0.1, 0.15) is 30.5 Å². The number of nitrogens with one attached hydrogen (secondary N) is 2. The number of piperidine rings is 1. The van der Waals surface area contributed by atoms with Crippen molar-refractivity contribution < 1.29 is 4.79 Å². The van der Waals surface area contributed by atoms with Crippen LogP contribution >= 0.6 is 11.8 Å². The van der Waals surface area contributed by atoms with Gasteiger partial charge in [0.15, 0.2) is 11.0 Å². The smallest absolute Gasteiger partial charge is 0.262 e. The molecule has 1 saturated heterocycles. The lowest BCUT2D eigenvalue weighted by molar-refractivity contribution is -0.113. The van der Waals surface area contributed by atoms with Gasteiger partial charge in [0.1, 0.15) is 0 Å². The first-order valence-corrected chi connectivity index (χ1v) is 12.8. The van der Waals surface area contributed by atoms with Gasteiger partial charge in [-0.2, -0.15) is 5.10 Å². The first kappa shape index (κ1) is 23.2. The minimum Gasteiger partial charge on any atom is -0.372 e. The van der Waals surface area contributed by atoms with Crippen LogP contribution < -0.4 is 15.8 Å². The number of carbonyl (C=O) groups is 1. The number of benzene rings is 2. The van der Waals surface area contributed by atoms with Gasteiger partial charge in [0, 0.05) is 30.5 Å². The number of H-pyrrole nitrogens is 1. The SMILES string of the molecule is Cc1cc(NC(=O)CSc2nc3ccc(N4CCCCC4)cc3c(=O)n2Cc2ccccc2)n[nH]1. The standard InChI is InChI=1S/C26H28N6O2S/c1-18-14-23(30-29-18)28-24(33)17-35-26-27-22-11-10-20(31-12-6-3-7-13-31)15-21(22)25(34)32(26)16-19-8-4-2-5-9-19/h2,4-5,8-11,14-15H,3,6-7,12-13,16-17H2,1H3,(H2,28,29,30,33). The zero-order valence-corrected chi connectivity index (χ0v) is 20.5. The highest BCUT2D eigenvalue weighted by Gasteiger charge is 2.17. The Bertz CT molecular complexity index is 1390. The number of aromatic amines is 1. The Hall–Kier alpha value is -3.59. The second kappa shape index (κ2) is 10.4. The molecule has 1 aliphatic rings. The lowest BCUT2D eigenvalue weighted by Crippen LogP contribution is -2.30. The number of anilines is 2. The van der Waals surface area contributed by atoms with Gasteiger partial charge in [0.2, 0.25) is 5.91 Å². The summed E-state index contributed by atoms with van der Waals surface area (Å²) in [6.07, 6.45) is 3.59. The number of carbonyl (C=O) groups excluding carboxylic acids is 1. The molecule has 1 aliphatic heterocycles. The summed E-state index contributed by atoms with van der Waals surface area (Å²) < 4.78 is 1.67. The van der Waals surface area contributed by atoms with Crippen LogP contribution in [0.3, 0.4) is 0 Å². The third-order valence-corrected chi connectivity index (χ3v) is 7.09. The Morgan fingerprint density at radius 3 is 2.63 bits per heavy atom. The van der Waals surface area contributed by atoms with Gasteiger partial charge in [-0.3, -0.25) is 19.3 Å². The van der Waals surface area contributed by atoms with E-state index >= 15 is 0 Å². The van der Waals surface area contributed by atoms with Crippen molar-refractivity contribution in [3.8, 4) is 0 Å². The van der Waals surface area contributed by atoms with E-state index in [4.69, 9.17) is 4.98 Å². The molecule has 35 heavy (non-hydrogen) atoms. The van der Waals surface area contributed by atoms with Crippen LogP contribution in [-0.2, 0) is 11.3 Å². The molecule has 0 unspecified atom stereocenters. The molecule has 3 heterocycles. The van der Waals surface area contributed by atoms with E-state index in [0.717, 1.165) is 30.0 Å². The molecule has 1 fully saturated rings. The fourth-order valence-corrected chi connectivity index (χ4v) is 5.14. The molecule has 0 bridgehead atoms. The Morgan fingerprint density at radius 2 is 1.89 bits per heavy atom. The van der Waals surface area contributed by atoms with Gasteiger partial charge in [-0.1, -0.05) is 42.1 Å². The minimum atomic E-state index is -0.206. The fraction of sp³-hybridized carbons (Fsp3) is 0.308. The summed E-state index contributed by atoms with van der Waals surface area (Å²) in [6.45, 7) is 4.28. The van der Waals surface area contributed by atoms with Crippen molar-refractivity contribution in [3.63, 3.8) is 0 Å². The number of rotatable bonds is 7. The molecule has 2 aromatic heterocycles. The van der Waals surface area contributed by atoms with Gasteiger partial charge in [-0.15, -0.1) is 0 Å². The van der Waals surface area contributed by atoms with Crippen LogP contribution in [0.25, 0.3) is 10.9 Å². The van der Waals surface area contributed by atoms with Crippen molar-refractivity contribution in [1.82, 2.24) is 19.7 Å². The number of fused-ring (bicyclic) bond motifs is 1. The van der Waals surface area contributed by atoms with Crippen molar-refractivity contribution in [2.24, 2.45) is 0 Å². The lowest BCUT2D eigenvalue weighted by Gasteiger charge is -2.29. The van der Waals surface area contributed by atoms with Crippen LogP contribution in [0.5, 0.6) is 0 Å². The van der Waals surface area contributed by atoms with E-state index in [9.17, 15) is 9.59 Å². The van der Waals surface area contributed by atoms with Crippen LogP contribution in [-0.4, -0.2) is 44.5 Å². The molecule has 8 nitrogen and oxygen atoms in total. The molecule has 0 radical (unpaired) electrons. The molecule has 2 N–H and O–H groups in total. The van der Waals surface area contributed by atoms with E-state index in [-0.39, 0.29) is 17.2 Å². The Morgan fingerprint density at radius 1 is 1.09 bits per heavy atom. The second-order valence-electron chi connectivity index (χ2n) is 8.79. The zero-order valence-electron chi connectivity index (χ0n) is 19.7. The summed E-state index contributed by atoms with van der Waals surface area (Å²) in [5, 5.41) is 10.7. The quantitative estimate of drug-likeness (QED) is 0.299. The van der Waals surface area contributed by atoms with Gasteiger partial charge < -0.3 is 10.2 Å². The number of hydrogen-bond acceptors (Lipinski definition) is 6. The highest BCUT2D eigenvalue weighted by atomic mass is 32.2. The van der Waals surface area contributed by atoms with E-state index in [2.05, 4.69) is 20.4 Å². The highest BCUT2D eigenvalue weighted by molar-refractivity contribution is 7.99. The van der Waals surface area contributed by atoms with E-state index in [1.165, 1.54) is 31.0 Å². The second-order valence-corrected chi connectivity index (χ2v) is 9.74. The molecule has 0 aliphatic carbocycles. The summed E-state index contributed by atoms with van der Waals surface area (Å²) >= 11 is 1.25. The first-order chi connectivity index (χ1) is 17.1. The Balaban J connectivity index is 1.46. The average Bonchev–Trinajstić information content (AvgIpc) is 3.30. The maximum Gasteiger partial charge on any atom is 0.262 e. The molecule has 180 valence electrons. The lowest BCUT2D eigenvalue weighted by atomic mass is 10.1. The van der Waals surface area contributed by atoms with Crippen molar-refractivity contribution in [2.45, 2.75) is 37.9 Å². The Kier molecular flexibility index (Phi) is 6.85. The maximum atomic E-state index is 13.7. The molecule has 1 amide bonds. The van der Waals surface area contributed by atoms with Crippen molar-refractivity contribution in [1.29, 1.82) is 0 Å². The molecular formula is C26H28N6O2S. The predicted molar refractivity (Wildman–Crippen MR) is 140 cm³/mol. The number of hydrogen-bond donors (Lipinski definition) is 2. The number of thioether (sulfide) groups is 1. The molecule has 5 rings (SSSR count). The zero-order chi connectivity index (χ0) is 24.2. The summed E-state index contributed by atoms with van der Waals surface area (Å²) in [5.41, 5.74) is 3.48. The first-order valence-electron chi connectivity index (χ1n) is 11.8. The van der Waals surface area contributed by atoms with Crippen LogP contribution in [0.4, 0.5) is 11.5 Å². The summed E-state index contributed by atoms with van der Waals surface area (Å²) in [7, 11) is 0. The molecular weight excluding hydrogens is 460 g/mol. The van der Waals surface area contributed by atoms with E-state index in [1.807, 2.05) is 55.5 Å². The van der Waals surface area contributed by atoms with E-state index in [1.54, 1.807) is 10.6 Å². The maximum absolute atomic E-state index is 13.7. The monoisotopic (exact) mass is 488 g/mol. The van der Waals surface area contributed by atoms with Crippen LogP contribution in [0, 0.1) is 6.92 Å². The topological polar surface area (TPSA) is 95.9 Å². The predicted octanol–water partition coefficient (Wildman–Crippen LogP) is 4.20. The van der Waals surface area contributed by atoms with Crippen molar-refractivity contribution >= 4 is 40.1 Å². The highest BCUT2D eigenvalue weighted by Crippen LogP contribution is 2.25. The van der Waals surface area contributed by atoms with Crippen molar-refractivity contribution in [2.75, 3.05) is 29.1 Å². The molecule has 0 atom stereocenters. The molecule has 9 heteroatoms. The van der Waals surface area contributed by atoms with Gasteiger partial charge in [0.25, 0.3) is 5.56 Å². The number of nitrogens with zero attached hydrogens (tertiary/aromatic N) is 4. The number of aryl methyl sites for hydroxylation is 1. The third-order valence-electron chi connectivity index (χ3n) is 6.11. The fourth-order valence-electron chi connectivity index (χ4n) is 4.34.